The quantitative estimate of drug-likeness (QED) is 0.899. The number of hydrogen-bond donors (Lipinski definition) is 1. The lowest BCUT2D eigenvalue weighted by molar-refractivity contribution is 0.415. The van der Waals surface area contributed by atoms with Gasteiger partial charge in [-0.2, -0.15) is 0 Å². The van der Waals surface area contributed by atoms with Crippen molar-refractivity contribution in [1.29, 1.82) is 0 Å². The minimum atomic E-state index is 0.197. The maximum atomic E-state index is 6.08. The Balaban J connectivity index is 2.59. The Kier molecular flexibility index (Phi) is 2.94. The van der Waals surface area contributed by atoms with Crippen molar-refractivity contribution < 1.29 is 9.26 Å². The van der Waals surface area contributed by atoms with Crippen LogP contribution in [0.1, 0.15) is 0 Å². The summed E-state index contributed by atoms with van der Waals surface area (Å²) in [4.78, 5) is 0. The number of nitrogen functional groups attached to an aromatic ring is 1. The van der Waals surface area contributed by atoms with E-state index >= 15 is 0 Å². The van der Waals surface area contributed by atoms with Gasteiger partial charge in [0.2, 0.25) is 5.88 Å². The molecule has 1 aromatic carbocycles. The first-order chi connectivity index (χ1) is 7.63. The van der Waals surface area contributed by atoms with Crippen LogP contribution >= 0.6 is 23.2 Å². The molecule has 0 spiro atoms. The second-order valence-electron chi connectivity index (χ2n) is 3.07. The third-order valence-electron chi connectivity index (χ3n) is 2.13. The summed E-state index contributed by atoms with van der Waals surface area (Å²) in [5.74, 6) is 0.702. The number of nitrogens with two attached hydrogens (primary N) is 1. The van der Waals surface area contributed by atoms with Crippen molar-refractivity contribution in [3.8, 4) is 16.9 Å². The van der Waals surface area contributed by atoms with Gasteiger partial charge in [0, 0.05) is 11.6 Å². The lowest BCUT2D eigenvalue weighted by Crippen LogP contribution is -1.89. The Morgan fingerprint density at radius 1 is 1.25 bits per heavy atom. The average molecular weight is 259 g/mol. The highest BCUT2D eigenvalue weighted by Crippen LogP contribution is 2.38. The molecule has 0 radical (unpaired) electrons. The van der Waals surface area contributed by atoms with Crippen LogP contribution in [-0.4, -0.2) is 12.3 Å². The van der Waals surface area contributed by atoms with Crippen LogP contribution in [0.25, 0.3) is 11.1 Å². The van der Waals surface area contributed by atoms with E-state index in [4.69, 9.17) is 38.2 Å². The molecule has 1 heterocycles. The van der Waals surface area contributed by atoms with Gasteiger partial charge in [-0.3, -0.25) is 0 Å². The Morgan fingerprint density at radius 2 is 2.00 bits per heavy atom. The first-order valence-electron chi connectivity index (χ1n) is 4.37. The maximum Gasteiger partial charge on any atom is 0.230 e. The molecule has 2 aromatic rings. The molecule has 1 aromatic heterocycles. The summed E-state index contributed by atoms with van der Waals surface area (Å²) in [5, 5.41) is 4.49. The smallest absolute Gasteiger partial charge is 0.230 e. The summed E-state index contributed by atoms with van der Waals surface area (Å²) in [6.07, 6.45) is 1.49. The van der Waals surface area contributed by atoms with E-state index in [-0.39, 0.29) is 5.88 Å². The number of nitrogens with zero attached hydrogens (tertiary/aromatic N) is 1. The first-order valence-corrected chi connectivity index (χ1v) is 5.12. The zero-order valence-electron chi connectivity index (χ0n) is 8.33. The highest BCUT2D eigenvalue weighted by molar-refractivity contribution is 6.36. The van der Waals surface area contributed by atoms with Crippen molar-refractivity contribution in [2.45, 2.75) is 0 Å². The van der Waals surface area contributed by atoms with Gasteiger partial charge >= 0.3 is 0 Å². The number of benzene rings is 1. The van der Waals surface area contributed by atoms with Crippen molar-refractivity contribution in [3.63, 3.8) is 0 Å². The highest BCUT2D eigenvalue weighted by Gasteiger charge is 2.14. The number of ether oxygens (including phenoxy) is 1. The van der Waals surface area contributed by atoms with E-state index in [1.165, 1.54) is 13.3 Å². The molecule has 0 aliphatic rings. The minimum Gasteiger partial charge on any atom is -0.495 e. The number of rotatable bonds is 2. The third kappa shape index (κ3) is 1.81. The van der Waals surface area contributed by atoms with E-state index < -0.39 is 0 Å². The number of anilines is 1. The van der Waals surface area contributed by atoms with Crippen molar-refractivity contribution in [1.82, 2.24) is 5.16 Å². The largest absolute Gasteiger partial charge is 0.495 e. The van der Waals surface area contributed by atoms with Gasteiger partial charge in [0.15, 0.2) is 0 Å². The molecule has 0 aliphatic carbocycles. The Labute approximate surface area is 102 Å². The monoisotopic (exact) mass is 258 g/mol. The van der Waals surface area contributed by atoms with Crippen LogP contribution in [0.15, 0.2) is 22.9 Å². The van der Waals surface area contributed by atoms with Crippen LogP contribution in [0.2, 0.25) is 10.0 Å². The molecule has 2 rings (SSSR count). The molecule has 16 heavy (non-hydrogen) atoms. The highest BCUT2D eigenvalue weighted by atomic mass is 35.5. The van der Waals surface area contributed by atoms with Gasteiger partial charge in [0.05, 0.1) is 28.9 Å². The van der Waals surface area contributed by atoms with Gasteiger partial charge in [-0.15, -0.1) is 0 Å². The lowest BCUT2D eigenvalue weighted by Gasteiger charge is -2.07. The predicted molar refractivity (Wildman–Crippen MR) is 62.9 cm³/mol. The van der Waals surface area contributed by atoms with Crippen LogP contribution in [0.5, 0.6) is 5.75 Å². The summed E-state index contributed by atoms with van der Waals surface area (Å²) in [5.41, 5.74) is 6.86. The maximum absolute atomic E-state index is 6.08. The van der Waals surface area contributed by atoms with Crippen molar-refractivity contribution in [3.05, 3.63) is 28.4 Å². The van der Waals surface area contributed by atoms with Gasteiger partial charge in [0.1, 0.15) is 5.75 Å². The molecule has 0 saturated heterocycles. The molecule has 2 N–H and O–H groups in total. The molecular formula is C10H8Cl2N2O2. The van der Waals surface area contributed by atoms with E-state index in [0.29, 0.717) is 26.9 Å². The standard InChI is InChI=1S/C10H8Cl2N2O2/c1-15-9-3-7(11)5(2-8(9)12)6-4-14-16-10(6)13/h2-4H,13H2,1H3. The SMILES string of the molecule is COc1cc(Cl)c(-c2cnoc2N)cc1Cl. The number of methoxy groups -OCH3 is 1. The Hall–Kier alpha value is -1.39. The number of halogens is 2. The summed E-state index contributed by atoms with van der Waals surface area (Å²) in [6.45, 7) is 0. The first kappa shape index (κ1) is 11.1. The fourth-order valence-electron chi connectivity index (χ4n) is 1.34. The second-order valence-corrected chi connectivity index (χ2v) is 3.88. The molecule has 0 unspecified atom stereocenters. The fraction of sp³-hybridized carbons (Fsp3) is 0.100. The fourth-order valence-corrected chi connectivity index (χ4v) is 1.84. The van der Waals surface area contributed by atoms with E-state index in [1.807, 2.05) is 0 Å². The average Bonchev–Trinajstić information content (AvgIpc) is 2.67. The van der Waals surface area contributed by atoms with Crippen LogP contribution in [0.3, 0.4) is 0 Å². The molecule has 0 aliphatic heterocycles. The van der Waals surface area contributed by atoms with Crippen LogP contribution in [-0.2, 0) is 0 Å². The second kappa shape index (κ2) is 4.23. The molecule has 0 bridgehead atoms. The van der Waals surface area contributed by atoms with Crippen molar-refractivity contribution in [2.75, 3.05) is 12.8 Å². The normalized spacial score (nSPS) is 10.4. The van der Waals surface area contributed by atoms with E-state index in [9.17, 15) is 0 Å². The summed E-state index contributed by atoms with van der Waals surface area (Å²) in [6, 6.07) is 3.28. The molecule has 0 amide bonds. The molecular weight excluding hydrogens is 251 g/mol. The van der Waals surface area contributed by atoms with Gasteiger partial charge in [0.25, 0.3) is 0 Å². The predicted octanol–water partition coefficient (Wildman–Crippen LogP) is 3.24. The van der Waals surface area contributed by atoms with Crippen LogP contribution < -0.4 is 10.5 Å². The molecule has 0 fully saturated rings. The topological polar surface area (TPSA) is 61.3 Å². The van der Waals surface area contributed by atoms with Gasteiger partial charge < -0.3 is 15.0 Å². The van der Waals surface area contributed by atoms with Crippen LogP contribution in [0.4, 0.5) is 5.88 Å². The Morgan fingerprint density at radius 3 is 2.56 bits per heavy atom. The molecule has 84 valence electrons. The van der Waals surface area contributed by atoms with Gasteiger partial charge in [-0.05, 0) is 6.07 Å². The van der Waals surface area contributed by atoms with E-state index in [0.717, 1.165) is 0 Å². The van der Waals surface area contributed by atoms with Crippen molar-refractivity contribution in [2.24, 2.45) is 0 Å². The molecule has 4 nitrogen and oxygen atoms in total. The molecule has 0 atom stereocenters. The van der Waals surface area contributed by atoms with Crippen molar-refractivity contribution >= 4 is 29.1 Å². The van der Waals surface area contributed by atoms with E-state index in [2.05, 4.69) is 5.16 Å². The summed E-state index contributed by atoms with van der Waals surface area (Å²) in [7, 11) is 1.52. The molecule has 6 heteroatoms. The number of hydrogen-bond acceptors (Lipinski definition) is 4. The van der Waals surface area contributed by atoms with Gasteiger partial charge in [-0.1, -0.05) is 28.4 Å². The van der Waals surface area contributed by atoms with Gasteiger partial charge in [-0.25, -0.2) is 0 Å². The third-order valence-corrected chi connectivity index (χ3v) is 2.74. The summed E-state index contributed by atoms with van der Waals surface area (Å²) >= 11 is 12.1. The zero-order chi connectivity index (χ0) is 11.7. The molecule has 0 saturated carbocycles. The zero-order valence-corrected chi connectivity index (χ0v) is 9.84. The van der Waals surface area contributed by atoms with E-state index in [1.54, 1.807) is 12.1 Å². The summed E-state index contributed by atoms with van der Waals surface area (Å²) < 4.78 is 9.81. The minimum absolute atomic E-state index is 0.197. The number of aromatic nitrogens is 1. The lowest BCUT2D eigenvalue weighted by atomic mass is 10.1. The van der Waals surface area contributed by atoms with Crippen LogP contribution in [0, 0.1) is 0 Å². The Bertz CT molecular complexity index is 526.